The molecule has 1 N–H and O–H groups in total. The monoisotopic (exact) mass is 245 g/mol. The van der Waals surface area contributed by atoms with Crippen LogP contribution in [0, 0.1) is 0 Å². The van der Waals surface area contributed by atoms with Crippen molar-refractivity contribution in [1.82, 2.24) is 4.98 Å². The Balaban J connectivity index is 2.53. The summed E-state index contributed by atoms with van der Waals surface area (Å²) in [6, 6.07) is 9.64. The van der Waals surface area contributed by atoms with Crippen LogP contribution in [0.2, 0.25) is 0 Å². The molecule has 0 aliphatic heterocycles. The van der Waals surface area contributed by atoms with Crippen LogP contribution in [0.15, 0.2) is 30.3 Å². The number of aromatic nitrogens is 1. The van der Waals surface area contributed by atoms with Crippen molar-refractivity contribution >= 4 is 10.9 Å². The molecule has 0 aliphatic carbocycles. The first-order chi connectivity index (χ1) is 8.55. The summed E-state index contributed by atoms with van der Waals surface area (Å²) in [5, 5.41) is 10.2. The number of rotatable bonds is 4. The maximum Gasteiger partial charge on any atom is 0.131 e. The van der Waals surface area contributed by atoms with E-state index < -0.39 is 0 Å². The summed E-state index contributed by atoms with van der Waals surface area (Å²) in [6.45, 7) is 6.13. The second-order valence-electron chi connectivity index (χ2n) is 5.00. The van der Waals surface area contributed by atoms with Crippen molar-refractivity contribution in [2.24, 2.45) is 0 Å². The first kappa shape index (κ1) is 12.8. The zero-order valence-electron chi connectivity index (χ0n) is 11.1. The van der Waals surface area contributed by atoms with E-state index in [1.54, 1.807) is 0 Å². The summed E-state index contributed by atoms with van der Waals surface area (Å²) in [4.78, 5) is 4.38. The van der Waals surface area contributed by atoms with Gasteiger partial charge >= 0.3 is 0 Å². The fourth-order valence-electron chi connectivity index (χ4n) is 1.73. The number of hydrogen-bond donors (Lipinski definition) is 1. The van der Waals surface area contributed by atoms with Crippen LogP contribution in [-0.4, -0.2) is 15.7 Å². The summed E-state index contributed by atoms with van der Waals surface area (Å²) in [6.07, 6.45) is 0.915. The molecule has 0 saturated carbocycles. The number of ether oxygens (including phenoxy) is 1. The van der Waals surface area contributed by atoms with Gasteiger partial charge in [0.05, 0.1) is 17.8 Å². The van der Waals surface area contributed by atoms with Gasteiger partial charge < -0.3 is 9.84 Å². The van der Waals surface area contributed by atoms with Crippen LogP contribution in [-0.2, 0) is 6.61 Å². The molecule has 0 bridgehead atoms. The Morgan fingerprint density at radius 1 is 1.28 bits per heavy atom. The first-order valence-electron chi connectivity index (χ1n) is 6.24. The Bertz CT molecular complexity index is 549. The Morgan fingerprint density at radius 2 is 2.00 bits per heavy atom. The van der Waals surface area contributed by atoms with E-state index in [-0.39, 0.29) is 12.2 Å². The normalized spacial score (nSPS) is 11.8. The highest BCUT2D eigenvalue weighted by atomic mass is 16.5. The molecule has 1 aromatic carbocycles. The lowest BCUT2D eigenvalue weighted by atomic mass is 10.1. The topological polar surface area (TPSA) is 42.4 Å². The molecule has 18 heavy (non-hydrogen) atoms. The minimum Gasteiger partial charge on any atom is -0.487 e. The third kappa shape index (κ3) is 2.62. The third-order valence-corrected chi connectivity index (χ3v) is 3.13. The van der Waals surface area contributed by atoms with Crippen molar-refractivity contribution in [1.29, 1.82) is 0 Å². The highest BCUT2D eigenvalue weighted by Gasteiger charge is 2.18. The van der Waals surface area contributed by atoms with Crippen molar-refractivity contribution in [3.63, 3.8) is 0 Å². The molecule has 2 rings (SSSR count). The lowest BCUT2D eigenvalue weighted by molar-refractivity contribution is 0.107. The van der Waals surface area contributed by atoms with Crippen LogP contribution in [0.25, 0.3) is 10.9 Å². The Kier molecular flexibility index (Phi) is 3.53. The smallest absolute Gasteiger partial charge is 0.131 e. The number of hydrogen-bond acceptors (Lipinski definition) is 3. The average molecular weight is 245 g/mol. The standard InChI is InChI=1S/C15H19NO2/c1-4-15(2,3)18-14-9-11(10-17)16-13-8-6-5-7-12(13)14/h5-9,17H,4,10H2,1-3H3. The molecule has 0 atom stereocenters. The van der Waals surface area contributed by atoms with E-state index in [9.17, 15) is 5.11 Å². The Hall–Kier alpha value is -1.61. The summed E-state index contributed by atoms with van der Waals surface area (Å²) >= 11 is 0. The molecule has 1 aromatic heterocycles. The summed E-state index contributed by atoms with van der Waals surface area (Å²) in [5.74, 6) is 0.788. The van der Waals surface area contributed by atoms with Crippen molar-refractivity contribution in [3.05, 3.63) is 36.0 Å². The van der Waals surface area contributed by atoms with Gasteiger partial charge in [0.25, 0.3) is 0 Å². The second-order valence-corrected chi connectivity index (χ2v) is 5.00. The van der Waals surface area contributed by atoms with Crippen LogP contribution in [0.5, 0.6) is 5.75 Å². The molecule has 0 radical (unpaired) electrons. The number of fused-ring (bicyclic) bond motifs is 1. The predicted octanol–water partition coefficient (Wildman–Crippen LogP) is 3.29. The number of aliphatic hydroxyl groups is 1. The summed E-state index contributed by atoms with van der Waals surface area (Å²) < 4.78 is 6.06. The number of nitrogens with zero attached hydrogens (tertiary/aromatic N) is 1. The number of para-hydroxylation sites is 1. The molecule has 0 amide bonds. The molecule has 0 saturated heterocycles. The minimum atomic E-state index is -0.225. The van der Waals surface area contributed by atoms with Gasteiger partial charge in [-0.1, -0.05) is 19.1 Å². The third-order valence-electron chi connectivity index (χ3n) is 3.13. The molecule has 2 aromatic rings. The Morgan fingerprint density at radius 3 is 2.67 bits per heavy atom. The van der Waals surface area contributed by atoms with Gasteiger partial charge in [-0.2, -0.15) is 0 Å². The summed E-state index contributed by atoms with van der Waals surface area (Å²) in [7, 11) is 0. The van der Waals surface area contributed by atoms with Crippen LogP contribution < -0.4 is 4.74 Å². The number of aliphatic hydroxyl groups excluding tert-OH is 1. The molecular formula is C15H19NO2. The minimum absolute atomic E-state index is 0.0756. The van der Waals surface area contributed by atoms with E-state index in [0.29, 0.717) is 5.69 Å². The molecule has 0 aliphatic rings. The zero-order valence-corrected chi connectivity index (χ0v) is 11.1. The van der Waals surface area contributed by atoms with E-state index in [1.165, 1.54) is 0 Å². The summed E-state index contributed by atoms with van der Waals surface area (Å²) in [5.41, 5.74) is 1.26. The van der Waals surface area contributed by atoms with Gasteiger partial charge in [-0.05, 0) is 32.4 Å². The predicted molar refractivity (Wildman–Crippen MR) is 72.7 cm³/mol. The molecule has 1 heterocycles. The molecule has 96 valence electrons. The van der Waals surface area contributed by atoms with Gasteiger partial charge in [0.15, 0.2) is 0 Å². The quantitative estimate of drug-likeness (QED) is 0.898. The molecule has 3 heteroatoms. The van der Waals surface area contributed by atoms with Gasteiger partial charge in [-0.15, -0.1) is 0 Å². The largest absolute Gasteiger partial charge is 0.487 e. The van der Waals surface area contributed by atoms with Crippen LogP contribution in [0.4, 0.5) is 0 Å². The van der Waals surface area contributed by atoms with E-state index in [0.717, 1.165) is 23.1 Å². The van der Waals surface area contributed by atoms with Crippen LogP contribution in [0.3, 0.4) is 0 Å². The SMILES string of the molecule is CCC(C)(C)Oc1cc(CO)nc2ccccc12. The van der Waals surface area contributed by atoms with Crippen molar-refractivity contribution in [2.75, 3.05) is 0 Å². The van der Waals surface area contributed by atoms with Gasteiger partial charge in [-0.3, -0.25) is 4.98 Å². The molecule has 0 spiro atoms. The maximum atomic E-state index is 9.26. The van der Waals surface area contributed by atoms with Crippen molar-refractivity contribution < 1.29 is 9.84 Å². The fourth-order valence-corrected chi connectivity index (χ4v) is 1.73. The van der Waals surface area contributed by atoms with Crippen LogP contribution >= 0.6 is 0 Å². The van der Waals surface area contributed by atoms with Gasteiger partial charge in [0.2, 0.25) is 0 Å². The molecule has 3 nitrogen and oxygen atoms in total. The lowest BCUT2D eigenvalue weighted by Crippen LogP contribution is -2.27. The highest BCUT2D eigenvalue weighted by Crippen LogP contribution is 2.29. The van der Waals surface area contributed by atoms with Gasteiger partial charge in [-0.25, -0.2) is 0 Å². The van der Waals surface area contributed by atoms with Crippen molar-refractivity contribution in [2.45, 2.75) is 39.4 Å². The first-order valence-corrected chi connectivity index (χ1v) is 6.24. The van der Waals surface area contributed by atoms with E-state index in [1.807, 2.05) is 30.3 Å². The number of benzene rings is 1. The Labute approximate surface area is 107 Å². The molecule has 0 unspecified atom stereocenters. The number of pyridine rings is 1. The molecule has 0 fully saturated rings. The van der Waals surface area contributed by atoms with E-state index >= 15 is 0 Å². The fraction of sp³-hybridized carbons (Fsp3) is 0.400. The van der Waals surface area contributed by atoms with Crippen molar-refractivity contribution in [3.8, 4) is 5.75 Å². The maximum absolute atomic E-state index is 9.26. The van der Waals surface area contributed by atoms with Gasteiger partial charge in [0.1, 0.15) is 11.4 Å². The van der Waals surface area contributed by atoms with Gasteiger partial charge in [0, 0.05) is 11.5 Å². The second kappa shape index (κ2) is 4.94. The van der Waals surface area contributed by atoms with E-state index in [2.05, 4.69) is 25.8 Å². The van der Waals surface area contributed by atoms with Crippen LogP contribution in [0.1, 0.15) is 32.9 Å². The molecular weight excluding hydrogens is 226 g/mol. The zero-order chi connectivity index (χ0) is 13.2. The van der Waals surface area contributed by atoms with E-state index in [4.69, 9.17) is 4.74 Å². The average Bonchev–Trinajstić information content (AvgIpc) is 2.38. The highest BCUT2D eigenvalue weighted by molar-refractivity contribution is 5.85. The lowest BCUT2D eigenvalue weighted by Gasteiger charge is -2.26.